The van der Waals surface area contributed by atoms with Crippen molar-refractivity contribution in [3.05, 3.63) is 63.5 Å². The third kappa shape index (κ3) is 6.90. The maximum Gasteiger partial charge on any atom is 0.412 e. The number of rotatable bonds is 7. The number of aromatic nitrogens is 2. The summed E-state index contributed by atoms with van der Waals surface area (Å²) in [5.41, 5.74) is -0.316. The number of ether oxygens (including phenoxy) is 2. The Morgan fingerprint density at radius 3 is 2.51 bits per heavy atom. The van der Waals surface area contributed by atoms with Crippen LogP contribution in [0.4, 0.5) is 43.7 Å². The summed E-state index contributed by atoms with van der Waals surface area (Å²) >= 11 is 6.24. The van der Waals surface area contributed by atoms with Crippen LogP contribution in [-0.4, -0.2) is 33.7 Å². The number of nitro benzene ring substituents is 1. The number of hydrogen-bond donors (Lipinski definition) is 3. The molecule has 3 N–H and O–H groups in total. The molecule has 3 aromatic rings. The van der Waals surface area contributed by atoms with E-state index in [0.717, 1.165) is 12.1 Å². The first-order chi connectivity index (χ1) is 16.4. The molecule has 0 bridgehead atoms. The van der Waals surface area contributed by atoms with E-state index in [1.165, 1.54) is 19.4 Å². The van der Waals surface area contributed by atoms with Crippen LogP contribution < -0.4 is 20.7 Å². The normalized spacial score (nSPS) is 10.9. The summed E-state index contributed by atoms with van der Waals surface area (Å²) in [5.74, 6) is -0.321. The Bertz CT molecular complexity index is 1270. The smallest absolute Gasteiger partial charge is 0.412 e. The molecule has 1 aromatic heterocycles. The Kier molecular flexibility index (Phi) is 7.55. The Balaban J connectivity index is 1.85. The van der Waals surface area contributed by atoms with Crippen LogP contribution in [0.25, 0.3) is 0 Å². The van der Waals surface area contributed by atoms with Gasteiger partial charge >= 0.3 is 11.8 Å². The molecular weight excluding hydrogens is 483 g/mol. The molecule has 3 rings (SSSR count). The molecule has 1 heterocycles. The summed E-state index contributed by atoms with van der Waals surface area (Å²) in [6.07, 6.45) is 0.681. The van der Waals surface area contributed by atoms with Crippen LogP contribution in [0.15, 0.2) is 42.6 Å². The van der Waals surface area contributed by atoms with E-state index in [1.54, 1.807) is 39.0 Å². The molecule has 35 heavy (non-hydrogen) atoms. The summed E-state index contributed by atoms with van der Waals surface area (Å²) in [6, 6.07) is 8.14. The molecule has 0 aliphatic heterocycles. The predicted octanol–water partition coefficient (Wildman–Crippen LogP) is 6.02. The molecule has 0 radical (unpaired) electrons. The second-order valence-corrected chi connectivity index (χ2v) is 8.51. The highest BCUT2D eigenvalue weighted by Crippen LogP contribution is 2.33. The second-order valence-electron chi connectivity index (χ2n) is 8.11. The Labute approximate surface area is 204 Å². The first-order valence-electron chi connectivity index (χ1n) is 10.1. The zero-order valence-corrected chi connectivity index (χ0v) is 19.9. The van der Waals surface area contributed by atoms with Crippen molar-refractivity contribution in [1.82, 2.24) is 9.97 Å². The minimum atomic E-state index is -0.966. The van der Waals surface area contributed by atoms with Gasteiger partial charge < -0.3 is 20.1 Å². The molecule has 1 amide bonds. The number of nitrogens with zero attached hydrogens (tertiary/aromatic N) is 3. The van der Waals surface area contributed by atoms with Gasteiger partial charge in [-0.1, -0.05) is 11.6 Å². The highest BCUT2D eigenvalue weighted by atomic mass is 35.5. The number of halogens is 2. The highest BCUT2D eigenvalue weighted by Gasteiger charge is 2.18. The number of hydrogen-bond acceptors (Lipinski definition) is 9. The van der Waals surface area contributed by atoms with E-state index in [4.69, 9.17) is 21.1 Å². The van der Waals surface area contributed by atoms with E-state index in [2.05, 4.69) is 25.9 Å². The molecule has 0 aliphatic rings. The van der Waals surface area contributed by atoms with Crippen molar-refractivity contribution in [2.75, 3.05) is 23.1 Å². The van der Waals surface area contributed by atoms with Gasteiger partial charge in [0.1, 0.15) is 16.4 Å². The SMILES string of the molecule is COc1ccc(NC(=O)OC(C)(C)C)cc1Nc1nc(Nc2ccc(F)c([N+](=O)[O-])c2)ncc1Cl. The fourth-order valence-corrected chi connectivity index (χ4v) is 2.95. The van der Waals surface area contributed by atoms with Crippen molar-refractivity contribution in [3.63, 3.8) is 0 Å². The number of carbonyl (C=O) groups is 1. The molecule has 0 fully saturated rings. The number of benzene rings is 2. The van der Waals surface area contributed by atoms with Crippen LogP contribution in [0.5, 0.6) is 5.75 Å². The van der Waals surface area contributed by atoms with Crippen molar-refractivity contribution >= 4 is 52.2 Å². The third-order valence-corrected chi connectivity index (χ3v) is 4.52. The topological polar surface area (TPSA) is 141 Å². The van der Waals surface area contributed by atoms with E-state index in [1.807, 2.05) is 0 Å². The first-order valence-corrected chi connectivity index (χ1v) is 10.5. The first kappa shape index (κ1) is 25.4. The fourth-order valence-electron chi connectivity index (χ4n) is 2.81. The van der Waals surface area contributed by atoms with Gasteiger partial charge in [0, 0.05) is 17.4 Å². The lowest BCUT2D eigenvalue weighted by atomic mass is 10.2. The second kappa shape index (κ2) is 10.4. The molecule has 184 valence electrons. The molecule has 11 nitrogen and oxygen atoms in total. The Hall–Kier alpha value is -4.19. The van der Waals surface area contributed by atoms with Crippen LogP contribution >= 0.6 is 11.6 Å². The third-order valence-electron chi connectivity index (χ3n) is 4.24. The quantitative estimate of drug-likeness (QED) is 0.260. The van der Waals surface area contributed by atoms with Gasteiger partial charge in [-0.25, -0.2) is 9.78 Å². The lowest BCUT2D eigenvalue weighted by molar-refractivity contribution is -0.387. The molecule has 0 atom stereocenters. The van der Waals surface area contributed by atoms with E-state index in [-0.39, 0.29) is 22.5 Å². The lowest BCUT2D eigenvalue weighted by Crippen LogP contribution is -2.27. The van der Waals surface area contributed by atoms with Crippen molar-refractivity contribution in [2.45, 2.75) is 26.4 Å². The molecular formula is C22H22ClFN6O5. The van der Waals surface area contributed by atoms with Gasteiger partial charge in [-0.05, 0) is 51.1 Å². The van der Waals surface area contributed by atoms with E-state index < -0.39 is 28.1 Å². The van der Waals surface area contributed by atoms with Crippen LogP contribution in [0.1, 0.15) is 20.8 Å². The number of nitro groups is 1. The van der Waals surface area contributed by atoms with Gasteiger partial charge in [0.05, 0.1) is 23.9 Å². The summed E-state index contributed by atoms with van der Waals surface area (Å²) in [5, 5.41) is 19.6. The molecule has 0 aliphatic carbocycles. The van der Waals surface area contributed by atoms with Gasteiger partial charge in [0.2, 0.25) is 11.8 Å². The van der Waals surface area contributed by atoms with Crippen molar-refractivity contribution in [1.29, 1.82) is 0 Å². The molecule has 0 spiro atoms. The van der Waals surface area contributed by atoms with Crippen LogP contribution in [0, 0.1) is 15.9 Å². The highest BCUT2D eigenvalue weighted by molar-refractivity contribution is 6.33. The monoisotopic (exact) mass is 504 g/mol. The van der Waals surface area contributed by atoms with Crippen molar-refractivity contribution in [2.24, 2.45) is 0 Å². The largest absolute Gasteiger partial charge is 0.495 e. The van der Waals surface area contributed by atoms with Gasteiger partial charge in [0.15, 0.2) is 5.82 Å². The minimum Gasteiger partial charge on any atom is -0.495 e. The Morgan fingerprint density at radius 1 is 1.14 bits per heavy atom. The summed E-state index contributed by atoms with van der Waals surface area (Å²) in [7, 11) is 1.47. The van der Waals surface area contributed by atoms with Crippen LogP contribution in [-0.2, 0) is 4.74 Å². The van der Waals surface area contributed by atoms with E-state index >= 15 is 0 Å². The standard InChI is InChI=1S/C22H22ClFN6O5/c1-22(2,3)35-21(31)27-12-6-8-18(34-4)16(9-12)28-19-14(23)11-25-20(29-19)26-13-5-7-15(24)17(10-13)30(32)33/h5-11H,1-4H3,(H,27,31)(H2,25,26,28,29). The number of methoxy groups -OCH3 is 1. The zero-order chi connectivity index (χ0) is 25.8. The summed E-state index contributed by atoms with van der Waals surface area (Å²) in [4.78, 5) is 30.6. The maximum atomic E-state index is 13.6. The number of anilines is 5. The van der Waals surface area contributed by atoms with Gasteiger partial charge in [-0.15, -0.1) is 0 Å². The number of nitrogens with one attached hydrogen (secondary N) is 3. The van der Waals surface area contributed by atoms with Crippen LogP contribution in [0.3, 0.4) is 0 Å². The average molecular weight is 505 g/mol. The average Bonchev–Trinajstić information content (AvgIpc) is 2.76. The van der Waals surface area contributed by atoms with E-state index in [9.17, 15) is 19.3 Å². The van der Waals surface area contributed by atoms with E-state index in [0.29, 0.717) is 17.1 Å². The predicted molar refractivity (Wildman–Crippen MR) is 130 cm³/mol. The molecule has 0 saturated carbocycles. The number of carbonyl (C=O) groups excluding carboxylic acids is 1. The maximum absolute atomic E-state index is 13.6. The van der Waals surface area contributed by atoms with Gasteiger partial charge in [0.25, 0.3) is 0 Å². The fraction of sp³-hybridized carbons (Fsp3) is 0.227. The lowest BCUT2D eigenvalue weighted by Gasteiger charge is -2.20. The molecule has 13 heteroatoms. The molecule has 2 aromatic carbocycles. The molecule has 0 saturated heterocycles. The Morgan fingerprint density at radius 2 is 1.86 bits per heavy atom. The number of amides is 1. The minimum absolute atomic E-state index is 0.0415. The summed E-state index contributed by atoms with van der Waals surface area (Å²) < 4.78 is 24.2. The summed E-state index contributed by atoms with van der Waals surface area (Å²) in [6.45, 7) is 5.25. The van der Waals surface area contributed by atoms with Crippen molar-refractivity contribution < 1.29 is 23.6 Å². The van der Waals surface area contributed by atoms with Gasteiger partial charge in [-0.2, -0.15) is 9.37 Å². The molecule has 0 unspecified atom stereocenters. The van der Waals surface area contributed by atoms with Gasteiger partial charge in [-0.3, -0.25) is 15.4 Å². The van der Waals surface area contributed by atoms with Crippen LogP contribution in [0.2, 0.25) is 5.02 Å². The zero-order valence-electron chi connectivity index (χ0n) is 19.2. The van der Waals surface area contributed by atoms with Crippen molar-refractivity contribution in [3.8, 4) is 5.75 Å².